The molecule has 1 heterocycles. The minimum Gasteiger partial charge on any atom is -0.334 e. The Morgan fingerprint density at radius 3 is 2.32 bits per heavy atom. The van der Waals surface area contributed by atoms with Gasteiger partial charge >= 0.3 is 0 Å². The van der Waals surface area contributed by atoms with Crippen molar-refractivity contribution in [3.8, 4) is 0 Å². The summed E-state index contributed by atoms with van der Waals surface area (Å²) in [4.78, 5) is 14.9. The van der Waals surface area contributed by atoms with Crippen LogP contribution in [-0.2, 0) is 23.0 Å². The SMILES string of the molecule is Cc1cc(C)c(S(=O)(=O)Nc2ccc3c(c2)CN(C(=O)c2ccccc2)CC3)cc1C. The fourth-order valence-electron chi connectivity index (χ4n) is 3.99. The summed E-state index contributed by atoms with van der Waals surface area (Å²) < 4.78 is 28.8. The first-order chi connectivity index (χ1) is 14.7. The zero-order chi connectivity index (χ0) is 22.2. The van der Waals surface area contributed by atoms with E-state index in [1.807, 2.05) is 67.3 Å². The van der Waals surface area contributed by atoms with Crippen molar-refractivity contribution in [2.75, 3.05) is 11.3 Å². The van der Waals surface area contributed by atoms with Gasteiger partial charge in [-0.1, -0.05) is 30.3 Å². The Bertz CT molecular complexity index is 1250. The van der Waals surface area contributed by atoms with E-state index in [1.165, 1.54) is 0 Å². The molecule has 1 aliphatic rings. The van der Waals surface area contributed by atoms with Crippen molar-refractivity contribution in [2.45, 2.75) is 38.6 Å². The molecule has 0 atom stereocenters. The fourth-order valence-corrected chi connectivity index (χ4v) is 5.35. The number of hydrogen-bond donors (Lipinski definition) is 1. The van der Waals surface area contributed by atoms with Crippen LogP contribution in [0.25, 0.3) is 0 Å². The van der Waals surface area contributed by atoms with E-state index in [1.54, 1.807) is 19.1 Å². The van der Waals surface area contributed by atoms with Gasteiger partial charge in [0, 0.05) is 24.3 Å². The van der Waals surface area contributed by atoms with Gasteiger partial charge in [-0.2, -0.15) is 0 Å². The van der Waals surface area contributed by atoms with Crippen molar-refractivity contribution in [1.29, 1.82) is 0 Å². The molecule has 3 aromatic carbocycles. The highest BCUT2D eigenvalue weighted by atomic mass is 32.2. The quantitative estimate of drug-likeness (QED) is 0.652. The van der Waals surface area contributed by atoms with Crippen LogP contribution in [0, 0.1) is 20.8 Å². The lowest BCUT2D eigenvalue weighted by atomic mass is 9.98. The number of hydrogen-bond acceptors (Lipinski definition) is 3. The number of benzene rings is 3. The summed E-state index contributed by atoms with van der Waals surface area (Å²) in [5.41, 5.74) is 5.99. The summed E-state index contributed by atoms with van der Waals surface area (Å²) in [6.07, 6.45) is 0.747. The Hall–Kier alpha value is -3.12. The van der Waals surface area contributed by atoms with Crippen molar-refractivity contribution in [3.05, 3.63) is 94.0 Å². The van der Waals surface area contributed by atoms with Gasteiger partial charge in [-0.15, -0.1) is 0 Å². The molecular formula is C25H26N2O3S. The molecule has 1 amide bonds. The largest absolute Gasteiger partial charge is 0.334 e. The Labute approximate surface area is 183 Å². The van der Waals surface area contributed by atoms with E-state index in [2.05, 4.69) is 4.72 Å². The molecule has 0 fully saturated rings. The number of carbonyl (C=O) groups excluding carboxylic acids is 1. The molecule has 1 aliphatic heterocycles. The predicted molar refractivity (Wildman–Crippen MR) is 123 cm³/mol. The third kappa shape index (κ3) is 4.35. The molecule has 1 N–H and O–H groups in total. The zero-order valence-corrected chi connectivity index (χ0v) is 18.8. The summed E-state index contributed by atoms with van der Waals surface area (Å²) in [5, 5.41) is 0. The smallest absolute Gasteiger partial charge is 0.262 e. The number of anilines is 1. The van der Waals surface area contributed by atoms with E-state index < -0.39 is 10.0 Å². The number of nitrogens with one attached hydrogen (secondary N) is 1. The number of nitrogens with zero attached hydrogens (tertiary/aromatic N) is 1. The van der Waals surface area contributed by atoms with Gasteiger partial charge in [0.1, 0.15) is 0 Å². The van der Waals surface area contributed by atoms with Gasteiger partial charge < -0.3 is 4.90 Å². The number of amides is 1. The Balaban J connectivity index is 1.58. The van der Waals surface area contributed by atoms with E-state index in [9.17, 15) is 13.2 Å². The number of aryl methyl sites for hydroxylation is 3. The topological polar surface area (TPSA) is 66.5 Å². The van der Waals surface area contributed by atoms with Crippen molar-refractivity contribution in [2.24, 2.45) is 0 Å². The van der Waals surface area contributed by atoms with Gasteiger partial charge in [-0.3, -0.25) is 9.52 Å². The Kier molecular flexibility index (Phi) is 5.58. The lowest BCUT2D eigenvalue weighted by molar-refractivity contribution is 0.0734. The molecule has 3 aromatic rings. The van der Waals surface area contributed by atoms with E-state index in [0.29, 0.717) is 29.9 Å². The van der Waals surface area contributed by atoms with Crippen LogP contribution in [0.1, 0.15) is 38.2 Å². The second kappa shape index (κ2) is 8.19. The van der Waals surface area contributed by atoms with Gasteiger partial charge in [0.05, 0.1) is 4.90 Å². The molecule has 0 bridgehead atoms. The van der Waals surface area contributed by atoms with Crippen LogP contribution in [0.3, 0.4) is 0 Å². The molecule has 5 nitrogen and oxygen atoms in total. The lowest BCUT2D eigenvalue weighted by Gasteiger charge is -2.29. The molecule has 0 aromatic heterocycles. The van der Waals surface area contributed by atoms with Crippen LogP contribution in [0.15, 0.2) is 65.6 Å². The van der Waals surface area contributed by atoms with Gasteiger partial charge in [-0.25, -0.2) is 8.42 Å². The normalized spacial score (nSPS) is 13.6. The van der Waals surface area contributed by atoms with Crippen LogP contribution in [0.5, 0.6) is 0 Å². The molecule has 6 heteroatoms. The molecule has 0 saturated heterocycles. The summed E-state index contributed by atoms with van der Waals surface area (Å²) >= 11 is 0. The highest BCUT2D eigenvalue weighted by molar-refractivity contribution is 7.92. The van der Waals surface area contributed by atoms with Crippen molar-refractivity contribution >= 4 is 21.6 Å². The summed E-state index contributed by atoms with van der Waals surface area (Å²) in [5.74, 6) is -0.0111. The van der Waals surface area contributed by atoms with E-state index in [0.717, 1.165) is 28.7 Å². The minimum absolute atomic E-state index is 0.0111. The summed E-state index contributed by atoms with van der Waals surface area (Å²) in [6, 6.07) is 18.4. The number of carbonyl (C=O) groups is 1. The average Bonchev–Trinajstić information content (AvgIpc) is 2.75. The first kappa shape index (κ1) is 21.1. The van der Waals surface area contributed by atoms with Gasteiger partial charge in [0.25, 0.3) is 15.9 Å². The van der Waals surface area contributed by atoms with Gasteiger partial charge in [0.15, 0.2) is 0 Å². The fraction of sp³-hybridized carbons (Fsp3) is 0.240. The van der Waals surface area contributed by atoms with Gasteiger partial charge in [0.2, 0.25) is 0 Å². The lowest BCUT2D eigenvalue weighted by Crippen LogP contribution is -2.36. The average molecular weight is 435 g/mol. The number of fused-ring (bicyclic) bond motifs is 1. The second-order valence-corrected chi connectivity index (χ2v) is 9.78. The highest BCUT2D eigenvalue weighted by Gasteiger charge is 2.23. The maximum absolute atomic E-state index is 13.0. The Morgan fingerprint density at radius 2 is 1.58 bits per heavy atom. The molecule has 4 rings (SSSR count). The number of sulfonamides is 1. The molecule has 0 radical (unpaired) electrons. The number of rotatable bonds is 4. The standard InChI is InChI=1S/C25H26N2O3S/c1-17-13-19(3)24(14-18(17)2)31(29,30)26-23-10-9-20-11-12-27(16-22(20)15-23)25(28)21-7-5-4-6-8-21/h4-10,13-15,26H,11-12,16H2,1-3H3. The monoisotopic (exact) mass is 434 g/mol. The summed E-state index contributed by atoms with van der Waals surface area (Å²) in [7, 11) is -3.71. The molecule has 0 aliphatic carbocycles. The zero-order valence-electron chi connectivity index (χ0n) is 18.0. The Morgan fingerprint density at radius 1 is 0.871 bits per heavy atom. The predicted octanol–water partition coefficient (Wildman–Crippen LogP) is 4.61. The van der Waals surface area contributed by atoms with Crippen LogP contribution < -0.4 is 4.72 Å². The van der Waals surface area contributed by atoms with Gasteiger partial charge in [-0.05, 0) is 85.3 Å². The van der Waals surface area contributed by atoms with Crippen LogP contribution in [0.4, 0.5) is 5.69 Å². The van der Waals surface area contributed by atoms with Crippen LogP contribution in [-0.4, -0.2) is 25.8 Å². The molecular weight excluding hydrogens is 408 g/mol. The molecule has 0 spiro atoms. The van der Waals surface area contributed by atoms with E-state index >= 15 is 0 Å². The molecule has 0 saturated carbocycles. The van der Waals surface area contributed by atoms with Crippen molar-refractivity contribution < 1.29 is 13.2 Å². The molecule has 0 unspecified atom stereocenters. The maximum atomic E-state index is 13.0. The van der Waals surface area contributed by atoms with Crippen molar-refractivity contribution in [1.82, 2.24) is 4.90 Å². The van der Waals surface area contributed by atoms with Crippen LogP contribution >= 0.6 is 0 Å². The highest BCUT2D eigenvalue weighted by Crippen LogP contribution is 2.27. The summed E-state index contributed by atoms with van der Waals surface area (Å²) in [6.45, 7) is 6.79. The van der Waals surface area contributed by atoms with E-state index in [4.69, 9.17) is 0 Å². The van der Waals surface area contributed by atoms with Crippen molar-refractivity contribution in [3.63, 3.8) is 0 Å². The third-order valence-electron chi connectivity index (χ3n) is 5.86. The molecule has 160 valence electrons. The molecule has 31 heavy (non-hydrogen) atoms. The maximum Gasteiger partial charge on any atom is 0.262 e. The first-order valence-corrected chi connectivity index (χ1v) is 11.8. The second-order valence-electron chi connectivity index (χ2n) is 8.13. The third-order valence-corrected chi connectivity index (χ3v) is 7.38. The first-order valence-electron chi connectivity index (χ1n) is 10.3. The van der Waals surface area contributed by atoms with Crippen LogP contribution in [0.2, 0.25) is 0 Å². The van der Waals surface area contributed by atoms with E-state index in [-0.39, 0.29) is 10.8 Å². The minimum atomic E-state index is -3.71.